The molecule has 3 aromatic rings. The van der Waals surface area contributed by atoms with Gasteiger partial charge in [0, 0.05) is 25.3 Å². The van der Waals surface area contributed by atoms with Crippen molar-refractivity contribution in [3.8, 4) is 0 Å². The number of hydrogen-bond acceptors (Lipinski definition) is 3. The number of carbonyl (C=O) groups excluding carboxylic acids is 2. The summed E-state index contributed by atoms with van der Waals surface area (Å²) in [6, 6.07) is 21.1. The molecule has 132 valence electrons. The van der Waals surface area contributed by atoms with E-state index < -0.39 is 0 Å². The third-order valence-corrected chi connectivity index (χ3v) is 4.12. The summed E-state index contributed by atoms with van der Waals surface area (Å²) in [6.07, 6.45) is 0.197. The van der Waals surface area contributed by atoms with E-state index in [9.17, 15) is 9.59 Å². The molecule has 2 amide bonds. The monoisotopic (exact) mass is 347 g/mol. The highest BCUT2D eigenvalue weighted by atomic mass is 16.2. The van der Waals surface area contributed by atoms with E-state index in [0.717, 1.165) is 22.0 Å². The van der Waals surface area contributed by atoms with Crippen LogP contribution >= 0.6 is 0 Å². The van der Waals surface area contributed by atoms with Crippen molar-refractivity contribution in [2.75, 3.05) is 19.0 Å². The van der Waals surface area contributed by atoms with Gasteiger partial charge >= 0.3 is 0 Å². The summed E-state index contributed by atoms with van der Waals surface area (Å²) >= 11 is 0. The summed E-state index contributed by atoms with van der Waals surface area (Å²) in [5.74, 6) is -0.613. The van der Waals surface area contributed by atoms with Gasteiger partial charge in [-0.15, -0.1) is 0 Å². The zero-order chi connectivity index (χ0) is 18.5. The maximum atomic E-state index is 12.2. The SMILES string of the molecule is CN(C)c1cccc(C(=O)NNC(=O)Cc2ccc3ccccc3c2)c1. The van der Waals surface area contributed by atoms with Crippen molar-refractivity contribution >= 4 is 28.3 Å². The van der Waals surface area contributed by atoms with Gasteiger partial charge in [-0.05, 0) is 34.5 Å². The number of hydrazine groups is 1. The number of nitrogens with one attached hydrogen (secondary N) is 2. The predicted octanol–water partition coefficient (Wildman–Crippen LogP) is 2.91. The number of carbonyl (C=O) groups is 2. The van der Waals surface area contributed by atoms with Crippen molar-refractivity contribution in [3.63, 3.8) is 0 Å². The molecule has 0 aliphatic rings. The number of amides is 2. The molecule has 0 saturated heterocycles. The van der Waals surface area contributed by atoms with Crippen LogP contribution in [-0.2, 0) is 11.2 Å². The molecule has 5 heteroatoms. The quantitative estimate of drug-likeness (QED) is 0.714. The molecule has 0 aliphatic carbocycles. The Hall–Kier alpha value is -3.34. The van der Waals surface area contributed by atoms with Crippen LogP contribution in [-0.4, -0.2) is 25.9 Å². The Bertz CT molecular complexity index is 951. The lowest BCUT2D eigenvalue weighted by molar-refractivity contribution is -0.121. The van der Waals surface area contributed by atoms with E-state index in [-0.39, 0.29) is 18.2 Å². The van der Waals surface area contributed by atoms with Crippen LogP contribution in [0.4, 0.5) is 5.69 Å². The Morgan fingerprint density at radius 1 is 0.846 bits per heavy atom. The minimum absolute atomic E-state index is 0.197. The fraction of sp³-hybridized carbons (Fsp3) is 0.143. The number of anilines is 1. The van der Waals surface area contributed by atoms with Gasteiger partial charge in [-0.3, -0.25) is 20.4 Å². The van der Waals surface area contributed by atoms with E-state index in [2.05, 4.69) is 10.9 Å². The molecule has 0 atom stereocenters. The standard InChI is InChI=1S/C21H21N3O2/c1-24(2)19-9-5-8-18(14-19)21(26)23-22-20(25)13-15-10-11-16-6-3-4-7-17(16)12-15/h3-12,14H,13H2,1-2H3,(H,22,25)(H,23,26). The summed E-state index contributed by atoms with van der Waals surface area (Å²) in [5, 5.41) is 2.22. The molecule has 0 unspecified atom stereocenters. The lowest BCUT2D eigenvalue weighted by Gasteiger charge is -2.13. The van der Waals surface area contributed by atoms with Gasteiger partial charge in [0.05, 0.1) is 6.42 Å². The van der Waals surface area contributed by atoms with Crippen molar-refractivity contribution in [1.82, 2.24) is 10.9 Å². The second kappa shape index (κ2) is 7.70. The first-order valence-electron chi connectivity index (χ1n) is 8.37. The first-order chi connectivity index (χ1) is 12.5. The third kappa shape index (κ3) is 4.19. The van der Waals surface area contributed by atoms with E-state index in [4.69, 9.17) is 0 Å². The average Bonchev–Trinajstić information content (AvgIpc) is 2.66. The van der Waals surface area contributed by atoms with Gasteiger partial charge in [0.1, 0.15) is 0 Å². The zero-order valence-corrected chi connectivity index (χ0v) is 14.8. The largest absolute Gasteiger partial charge is 0.378 e. The van der Waals surface area contributed by atoms with Crippen LogP contribution in [0.25, 0.3) is 10.8 Å². The average molecular weight is 347 g/mol. The van der Waals surface area contributed by atoms with Gasteiger partial charge in [-0.25, -0.2) is 0 Å². The first kappa shape index (κ1) is 17.5. The zero-order valence-electron chi connectivity index (χ0n) is 14.8. The van der Waals surface area contributed by atoms with Crippen molar-refractivity contribution in [3.05, 3.63) is 77.9 Å². The van der Waals surface area contributed by atoms with Crippen molar-refractivity contribution in [2.24, 2.45) is 0 Å². The van der Waals surface area contributed by atoms with Crippen LogP contribution in [0.15, 0.2) is 66.7 Å². The molecule has 0 radical (unpaired) electrons. The number of hydrogen-bond donors (Lipinski definition) is 2. The minimum atomic E-state index is -0.347. The van der Waals surface area contributed by atoms with Gasteiger partial charge in [-0.1, -0.05) is 48.5 Å². The summed E-state index contributed by atoms with van der Waals surface area (Å²) in [4.78, 5) is 26.2. The molecule has 0 aromatic heterocycles. The molecule has 0 spiro atoms. The lowest BCUT2D eigenvalue weighted by atomic mass is 10.1. The van der Waals surface area contributed by atoms with Crippen molar-refractivity contribution < 1.29 is 9.59 Å². The highest BCUT2D eigenvalue weighted by Crippen LogP contribution is 2.16. The Balaban J connectivity index is 1.59. The normalized spacial score (nSPS) is 10.4. The number of rotatable bonds is 4. The molecule has 26 heavy (non-hydrogen) atoms. The Labute approximate surface area is 152 Å². The van der Waals surface area contributed by atoms with Crippen molar-refractivity contribution in [2.45, 2.75) is 6.42 Å². The van der Waals surface area contributed by atoms with Crippen LogP contribution in [0.5, 0.6) is 0 Å². The smallest absolute Gasteiger partial charge is 0.269 e. The molecule has 3 aromatic carbocycles. The van der Waals surface area contributed by atoms with E-state index in [1.165, 1.54) is 0 Å². The fourth-order valence-corrected chi connectivity index (χ4v) is 2.70. The maximum absolute atomic E-state index is 12.2. The molecule has 5 nitrogen and oxygen atoms in total. The molecular weight excluding hydrogens is 326 g/mol. The van der Waals surface area contributed by atoms with Crippen LogP contribution in [0.1, 0.15) is 15.9 Å². The summed E-state index contributed by atoms with van der Waals surface area (Å²) < 4.78 is 0. The molecule has 0 heterocycles. The highest BCUT2D eigenvalue weighted by molar-refractivity contribution is 5.96. The lowest BCUT2D eigenvalue weighted by Crippen LogP contribution is -2.42. The van der Waals surface area contributed by atoms with Crippen LogP contribution < -0.4 is 15.8 Å². The van der Waals surface area contributed by atoms with Crippen molar-refractivity contribution in [1.29, 1.82) is 0 Å². The van der Waals surface area contributed by atoms with Crippen LogP contribution in [0.2, 0.25) is 0 Å². The second-order valence-electron chi connectivity index (χ2n) is 6.31. The Kier molecular flexibility index (Phi) is 5.17. The van der Waals surface area contributed by atoms with Crippen LogP contribution in [0.3, 0.4) is 0 Å². The minimum Gasteiger partial charge on any atom is -0.378 e. The van der Waals surface area contributed by atoms with E-state index >= 15 is 0 Å². The highest BCUT2D eigenvalue weighted by Gasteiger charge is 2.09. The number of fused-ring (bicyclic) bond motifs is 1. The predicted molar refractivity (Wildman–Crippen MR) is 104 cm³/mol. The number of nitrogens with zero attached hydrogens (tertiary/aromatic N) is 1. The van der Waals surface area contributed by atoms with E-state index in [1.54, 1.807) is 18.2 Å². The maximum Gasteiger partial charge on any atom is 0.269 e. The Morgan fingerprint density at radius 2 is 1.62 bits per heavy atom. The third-order valence-electron chi connectivity index (χ3n) is 4.12. The van der Waals surface area contributed by atoms with Gasteiger partial charge in [0.25, 0.3) is 5.91 Å². The van der Waals surface area contributed by atoms with Gasteiger partial charge in [0.2, 0.25) is 5.91 Å². The molecule has 0 aliphatic heterocycles. The molecule has 0 bridgehead atoms. The summed E-state index contributed by atoms with van der Waals surface area (Å²) in [7, 11) is 3.81. The molecular formula is C21H21N3O2. The van der Waals surface area contributed by atoms with E-state index in [0.29, 0.717) is 5.56 Å². The topological polar surface area (TPSA) is 61.4 Å². The molecule has 0 fully saturated rings. The molecule has 3 rings (SSSR count). The number of benzene rings is 3. The first-order valence-corrected chi connectivity index (χ1v) is 8.37. The fourth-order valence-electron chi connectivity index (χ4n) is 2.70. The van der Waals surface area contributed by atoms with Crippen LogP contribution in [0, 0.1) is 0 Å². The second-order valence-corrected chi connectivity index (χ2v) is 6.31. The van der Waals surface area contributed by atoms with Gasteiger partial charge < -0.3 is 4.90 Å². The Morgan fingerprint density at radius 3 is 2.38 bits per heavy atom. The summed E-state index contributed by atoms with van der Waals surface area (Å²) in [5.41, 5.74) is 7.24. The van der Waals surface area contributed by atoms with Gasteiger partial charge in [0.15, 0.2) is 0 Å². The summed E-state index contributed by atoms with van der Waals surface area (Å²) in [6.45, 7) is 0. The molecule has 0 saturated carbocycles. The van der Waals surface area contributed by atoms with E-state index in [1.807, 2.05) is 67.5 Å². The van der Waals surface area contributed by atoms with Gasteiger partial charge in [-0.2, -0.15) is 0 Å². The molecule has 2 N–H and O–H groups in total.